The van der Waals surface area contributed by atoms with Crippen LogP contribution in [0.3, 0.4) is 0 Å². The van der Waals surface area contributed by atoms with E-state index in [1.165, 1.54) is 25.3 Å². The van der Waals surface area contributed by atoms with Crippen molar-refractivity contribution in [1.82, 2.24) is 0 Å². The van der Waals surface area contributed by atoms with E-state index < -0.39 is 0 Å². The van der Waals surface area contributed by atoms with Gasteiger partial charge in [-0.2, -0.15) is 0 Å². The Morgan fingerprint density at radius 2 is 1.75 bits per heavy atom. The molecule has 4 rings (SSSR count). The number of hydrogen-bond acceptors (Lipinski definition) is 4. The third-order valence-corrected chi connectivity index (χ3v) is 9.18. The summed E-state index contributed by atoms with van der Waals surface area (Å²) in [4.78, 5) is 23.1. The third kappa shape index (κ3) is 2.93. The molecule has 156 valence electrons. The normalized spacial score (nSPS) is 47.2. The summed E-state index contributed by atoms with van der Waals surface area (Å²) >= 11 is 0. The quantitative estimate of drug-likeness (QED) is 0.490. The van der Waals surface area contributed by atoms with Crippen LogP contribution in [-0.2, 0) is 19.1 Å². The minimum absolute atomic E-state index is 0.0389. The Bertz CT molecular complexity index is 697. The molecule has 0 aromatic carbocycles. The Kier molecular flexibility index (Phi) is 4.91. The fourth-order valence-corrected chi connectivity index (χ4v) is 7.72. The zero-order chi connectivity index (χ0) is 20.3. The van der Waals surface area contributed by atoms with Gasteiger partial charge >= 0.3 is 11.9 Å². The summed E-state index contributed by atoms with van der Waals surface area (Å²) in [5.41, 5.74) is 1.87. The lowest BCUT2D eigenvalue weighted by Gasteiger charge is -2.59. The van der Waals surface area contributed by atoms with E-state index in [1.807, 2.05) is 0 Å². The standard InChI is InChI=1S/C24H36O4/c1-14-12-18(27-15(2)25)13-17-6-7-19-20-8-9-22(28-16(3)26)23(20,4)11-10-21(19)24(14,17)5/h6,14,18-22H,7-13H2,1-5H3/t14-,18+,19+,20+,21+,22+,23+,24+/m1/s1. The van der Waals surface area contributed by atoms with Crippen molar-refractivity contribution in [2.24, 2.45) is 34.5 Å². The second-order valence-electron chi connectivity index (χ2n) is 10.4. The first-order chi connectivity index (χ1) is 13.2. The molecule has 0 radical (unpaired) electrons. The maximum Gasteiger partial charge on any atom is 0.302 e. The van der Waals surface area contributed by atoms with Crippen LogP contribution in [0.4, 0.5) is 0 Å². The molecule has 0 N–H and O–H groups in total. The number of hydrogen-bond donors (Lipinski definition) is 0. The highest BCUT2D eigenvalue weighted by Gasteiger charge is 2.60. The average Bonchev–Trinajstić information content (AvgIpc) is 2.92. The summed E-state index contributed by atoms with van der Waals surface area (Å²) in [6.45, 7) is 10.3. The van der Waals surface area contributed by atoms with Crippen LogP contribution in [-0.4, -0.2) is 24.1 Å². The second-order valence-corrected chi connectivity index (χ2v) is 10.4. The number of allylic oxidation sites excluding steroid dienone is 1. The van der Waals surface area contributed by atoms with Gasteiger partial charge in [-0.3, -0.25) is 9.59 Å². The SMILES string of the molecule is CC(=O)O[C@@H]1CC2=CC[C@H]3[C@@H]4CC[C@H](OC(C)=O)[C@@]4(C)CC[C@@H]3[C@@]2(C)[C@H](C)C1. The maximum atomic E-state index is 11.6. The van der Waals surface area contributed by atoms with Crippen LogP contribution in [0.2, 0.25) is 0 Å². The molecule has 3 saturated carbocycles. The minimum Gasteiger partial charge on any atom is -0.462 e. The van der Waals surface area contributed by atoms with E-state index in [2.05, 4.69) is 26.8 Å². The highest BCUT2D eigenvalue weighted by Crippen LogP contribution is 2.66. The van der Waals surface area contributed by atoms with Crippen LogP contribution >= 0.6 is 0 Å². The predicted octanol–water partition coefficient (Wildman–Crippen LogP) is 5.06. The Labute approximate surface area is 169 Å². The zero-order valence-corrected chi connectivity index (χ0v) is 18.1. The van der Waals surface area contributed by atoms with Gasteiger partial charge in [-0.25, -0.2) is 0 Å². The number of carbonyl (C=O) groups is 2. The van der Waals surface area contributed by atoms with Crippen LogP contribution in [0, 0.1) is 34.5 Å². The van der Waals surface area contributed by atoms with Crippen molar-refractivity contribution in [3.8, 4) is 0 Å². The van der Waals surface area contributed by atoms with Crippen molar-refractivity contribution in [2.45, 2.75) is 91.8 Å². The lowest BCUT2D eigenvalue weighted by molar-refractivity contribution is -0.158. The Morgan fingerprint density at radius 1 is 1.04 bits per heavy atom. The third-order valence-electron chi connectivity index (χ3n) is 9.18. The molecular formula is C24H36O4. The molecule has 4 aliphatic carbocycles. The molecule has 0 spiro atoms. The first-order valence-corrected chi connectivity index (χ1v) is 11.2. The molecule has 0 saturated heterocycles. The fraction of sp³-hybridized carbons (Fsp3) is 0.833. The Morgan fingerprint density at radius 3 is 2.43 bits per heavy atom. The molecular weight excluding hydrogens is 352 g/mol. The van der Waals surface area contributed by atoms with Crippen molar-refractivity contribution < 1.29 is 19.1 Å². The van der Waals surface area contributed by atoms with Crippen molar-refractivity contribution in [3.63, 3.8) is 0 Å². The monoisotopic (exact) mass is 388 g/mol. The molecule has 0 amide bonds. The first-order valence-electron chi connectivity index (χ1n) is 11.2. The first kappa shape index (κ1) is 20.0. The zero-order valence-electron chi connectivity index (χ0n) is 18.1. The van der Waals surface area contributed by atoms with Crippen LogP contribution in [0.25, 0.3) is 0 Å². The van der Waals surface area contributed by atoms with Crippen molar-refractivity contribution in [2.75, 3.05) is 0 Å². The molecule has 4 heteroatoms. The summed E-state index contributed by atoms with van der Waals surface area (Å²) in [6, 6.07) is 0. The number of fused-ring (bicyclic) bond motifs is 5. The smallest absolute Gasteiger partial charge is 0.302 e. The summed E-state index contributed by atoms with van der Waals surface area (Å²) in [5, 5.41) is 0. The highest BCUT2D eigenvalue weighted by molar-refractivity contribution is 5.66. The van der Waals surface area contributed by atoms with Gasteiger partial charge in [-0.1, -0.05) is 32.4 Å². The van der Waals surface area contributed by atoms with E-state index in [4.69, 9.17) is 9.47 Å². The average molecular weight is 389 g/mol. The van der Waals surface area contributed by atoms with Crippen LogP contribution < -0.4 is 0 Å². The van der Waals surface area contributed by atoms with Crippen LogP contribution in [0.5, 0.6) is 0 Å². The molecule has 0 bridgehead atoms. The number of rotatable bonds is 2. The molecule has 0 aliphatic heterocycles. The molecule has 4 nitrogen and oxygen atoms in total. The molecule has 3 fully saturated rings. The molecule has 0 aromatic rings. The molecule has 0 unspecified atom stereocenters. The van der Waals surface area contributed by atoms with Gasteiger partial charge < -0.3 is 9.47 Å². The Balaban J connectivity index is 1.60. The number of carbonyl (C=O) groups excluding carboxylic acids is 2. The molecule has 0 heterocycles. The van der Waals surface area contributed by atoms with Crippen molar-refractivity contribution in [3.05, 3.63) is 11.6 Å². The minimum atomic E-state index is -0.161. The molecule has 28 heavy (non-hydrogen) atoms. The van der Waals surface area contributed by atoms with E-state index in [-0.39, 0.29) is 35.0 Å². The van der Waals surface area contributed by atoms with Crippen LogP contribution in [0.1, 0.15) is 79.6 Å². The second kappa shape index (κ2) is 6.88. The lowest BCUT2D eigenvalue weighted by atomic mass is 9.46. The van der Waals surface area contributed by atoms with Crippen molar-refractivity contribution >= 4 is 11.9 Å². The number of ether oxygens (including phenoxy) is 2. The van der Waals surface area contributed by atoms with Crippen molar-refractivity contribution in [1.29, 1.82) is 0 Å². The van der Waals surface area contributed by atoms with E-state index in [0.717, 1.165) is 32.1 Å². The van der Waals surface area contributed by atoms with Gasteiger partial charge in [0.15, 0.2) is 0 Å². The Hall–Kier alpha value is -1.32. The largest absolute Gasteiger partial charge is 0.462 e. The maximum absolute atomic E-state index is 11.6. The highest BCUT2D eigenvalue weighted by atomic mass is 16.5. The summed E-state index contributed by atoms with van der Waals surface area (Å²) in [6.07, 6.45) is 10.2. The van der Waals surface area contributed by atoms with Gasteiger partial charge in [0.1, 0.15) is 12.2 Å². The van der Waals surface area contributed by atoms with E-state index in [0.29, 0.717) is 23.7 Å². The van der Waals surface area contributed by atoms with Gasteiger partial charge in [0.25, 0.3) is 0 Å². The van der Waals surface area contributed by atoms with Gasteiger partial charge in [-0.05, 0) is 67.6 Å². The van der Waals surface area contributed by atoms with E-state index in [9.17, 15) is 9.59 Å². The predicted molar refractivity (Wildman–Crippen MR) is 107 cm³/mol. The van der Waals surface area contributed by atoms with Crippen LogP contribution in [0.15, 0.2) is 11.6 Å². The van der Waals surface area contributed by atoms with Gasteiger partial charge in [0, 0.05) is 25.7 Å². The summed E-state index contributed by atoms with van der Waals surface area (Å²) < 4.78 is 11.4. The van der Waals surface area contributed by atoms with Gasteiger partial charge in [0.05, 0.1) is 0 Å². The topological polar surface area (TPSA) is 52.6 Å². The lowest BCUT2D eigenvalue weighted by Crippen LogP contribution is -2.54. The summed E-state index contributed by atoms with van der Waals surface area (Å²) in [5.74, 6) is 2.23. The fourth-order valence-electron chi connectivity index (χ4n) is 7.72. The van der Waals surface area contributed by atoms with E-state index in [1.54, 1.807) is 6.92 Å². The summed E-state index contributed by atoms with van der Waals surface area (Å²) in [7, 11) is 0. The number of esters is 2. The molecule has 0 aromatic heterocycles. The van der Waals surface area contributed by atoms with E-state index >= 15 is 0 Å². The molecule has 8 atom stereocenters. The van der Waals surface area contributed by atoms with Gasteiger partial charge in [-0.15, -0.1) is 0 Å². The van der Waals surface area contributed by atoms with Gasteiger partial charge in [0.2, 0.25) is 0 Å². The molecule has 4 aliphatic rings.